The average Bonchev–Trinajstić information content (AvgIpc) is 3.11. The number of amides is 2. The molecular formula is C22H29N5O2. The average molecular weight is 396 g/mol. The lowest BCUT2D eigenvalue weighted by atomic mass is 9.97. The van der Waals surface area contributed by atoms with Crippen molar-refractivity contribution in [1.29, 1.82) is 0 Å². The molecule has 2 amide bonds. The highest BCUT2D eigenvalue weighted by molar-refractivity contribution is 5.84. The standard InChI is InChI=1S/C22H29N5O2/c1-14-18(8-9-20(23)26-14)12-25-22(29)15(2)27-13-17(11-19(27)21(24)28)10-16-6-4-3-5-7-16/h3-9,15,17,19H,10-13H2,1-2H3,(H2,23,26)(H2,24,28)(H,25,29)/t15-,17?,19?/m0/s1. The maximum Gasteiger partial charge on any atom is 0.237 e. The first-order valence-corrected chi connectivity index (χ1v) is 9.94. The van der Waals surface area contributed by atoms with Crippen molar-refractivity contribution >= 4 is 17.6 Å². The van der Waals surface area contributed by atoms with Crippen LogP contribution in [0.2, 0.25) is 0 Å². The third-order valence-corrected chi connectivity index (χ3v) is 5.67. The van der Waals surface area contributed by atoms with Crippen LogP contribution in [0.15, 0.2) is 42.5 Å². The van der Waals surface area contributed by atoms with Gasteiger partial charge in [-0.1, -0.05) is 36.4 Å². The predicted octanol–water partition coefficient (Wildman–Crippen LogP) is 1.40. The number of nitrogens with two attached hydrogens (primary N) is 2. The minimum absolute atomic E-state index is 0.132. The lowest BCUT2D eigenvalue weighted by molar-refractivity contribution is -0.129. The smallest absolute Gasteiger partial charge is 0.237 e. The molecule has 0 radical (unpaired) electrons. The molecule has 0 aliphatic carbocycles. The van der Waals surface area contributed by atoms with E-state index >= 15 is 0 Å². The van der Waals surface area contributed by atoms with Gasteiger partial charge >= 0.3 is 0 Å². The largest absolute Gasteiger partial charge is 0.384 e. The van der Waals surface area contributed by atoms with Crippen molar-refractivity contribution in [2.75, 3.05) is 12.3 Å². The highest BCUT2D eigenvalue weighted by Crippen LogP contribution is 2.28. The van der Waals surface area contributed by atoms with Crippen molar-refractivity contribution < 1.29 is 9.59 Å². The number of carbonyl (C=O) groups is 2. The van der Waals surface area contributed by atoms with Gasteiger partial charge in [0.1, 0.15) is 5.82 Å². The fourth-order valence-electron chi connectivity index (χ4n) is 4.03. The molecule has 7 nitrogen and oxygen atoms in total. The molecule has 2 unspecified atom stereocenters. The molecular weight excluding hydrogens is 366 g/mol. The summed E-state index contributed by atoms with van der Waals surface area (Å²) in [5.74, 6) is 0.233. The Balaban J connectivity index is 1.63. The number of hydrogen-bond donors (Lipinski definition) is 3. The second kappa shape index (κ2) is 9.05. The molecule has 1 aliphatic rings. The molecule has 2 aromatic rings. The maximum atomic E-state index is 12.8. The van der Waals surface area contributed by atoms with E-state index in [9.17, 15) is 9.59 Å². The summed E-state index contributed by atoms with van der Waals surface area (Å²) in [7, 11) is 0. The van der Waals surface area contributed by atoms with Crippen LogP contribution in [0.4, 0.5) is 5.82 Å². The van der Waals surface area contributed by atoms with E-state index in [-0.39, 0.29) is 17.7 Å². The van der Waals surface area contributed by atoms with Crippen molar-refractivity contribution in [1.82, 2.24) is 15.2 Å². The second-order valence-electron chi connectivity index (χ2n) is 7.78. The molecule has 3 rings (SSSR count). The van der Waals surface area contributed by atoms with Crippen LogP contribution in [-0.2, 0) is 22.6 Å². The number of aryl methyl sites for hydroxylation is 1. The van der Waals surface area contributed by atoms with Crippen LogP contribution in [-0.4, -0.2) is 40.3 Å². The first-order valence-electron chi connectivity index (χ1n) is 9.94. The number of rotatable bonds is 7. The Morgan fingerprint density at radius 1 is 1.24 bits per heavy atom. The lowest BCUT2D eigenvalue weighted by Crippen LogP contribution is -2.51. The summed E-state index contributed by atoms with van der Waals surface area (Å²) in [6.07, 6.45) is 1.54. The summed E-state index contributed by atoms with van der Waals surface area (Å²) >= 11 is 0. The van der Waals surface area contributed by atoms with E-state index in [0.717, 1.165) is 17.7 Å². The minimum atomic E-state index is -0.449. The Kier molecular flexibility index (Phi) is 6.49. The van der Waals surface area contributed by atoms with Crippen LogP contribution in [0.3, 0.4) is 0 Å². The van der Waals surface area contributed by atoms with Gasteiger partial charge in [0.2, 0.25) is 11.8 Å². The van der Waals surface area contributed by atoms with Gasteiger partial charge in [-0.15, -0.1) is 0 Å². The number of nitrogen functional groups attached to an aromatic ring is 1. The Bertz CT molecular complexity index is 871. The molecule has 3 atom stereocenters. The molecule has 154 valence electrons. The molecule has 0 saturated carbocycles. The fraction of sp³-hybridized carbons (Fsp3) is 0.409. The van der Waals surface area contributed by atoms with Crippen LogP contribution < -0.4 is 16.8 Å². The molecule has 2 heterocycles. The van der Waals surface area contributed by atoms with Gasteiger partial charge in [-0.25, -0.2) is 4.98 Å². The number of nitrogens with zero attached hydrogens (tertiary/aromatic N) is 2. The zero-order valence-corrected chi connectivity index (χ0v) is 17.0. The molecule has 1 aliphatic heterocycles. The fourth-order valence-corrected chi connectivity index (χ4v) is 4.03. The van der Waals surface area contributed by atoms with E-state index < -0.39 is 12.1 Å². The Morgan fingerprint density at radius 3 is 2.62 bits per heavy atom. The number of primary amides is 1. The van der Waals surface area contributed by atoms with Gasteiger partial charge < -0.3 is 16.8 Å². The van der Waals surface area contributed by atoms with Gasteiger partial charge in [-0.05, 0) is 49.8 Å². The number of nitrogens with one attached hydrogen (secondary N) is 1. The highest BCUT2D eigenvalue weighted by Gasteiger charge is 2.40. The van der Waals surface area contributed by atoms with Crippen molar-refractivity contribution in [3.05, 3.63) is 59.3 Å². The molecule has 1 aromatic heterocycles. The predicted molar refractivity (Wildman–Crippen MR) is 113 cm³/mol. The van der Waals surface area contributed by atoms with Gasteiger partial charge in [0.05, 0.1) is 12.1 Å². The second-order valence-corrected chi connectivity index (χ2v) is 7.78. The first kappa shape index (κ1) is 20.8. The van der Waals surface area contributed by atoms with E-state index in [4.69, 9.17) is 11.5 Å². The lowest BCUT2D eigenvalue weighted by Gasteiger charge is -2.28. The number of hydrogen-bond acceptors (Lipinski definition) is 5. The van der Waals surface area contributed by atoms with Crippen molar-refractivity contribution in [2.45, 2.75) is 45.3 Å². The van der Waals surface area contributed by atoms with Crippen LogP contribution >= 0.6 is 0 Å². The Morgan fingerprint density at radius 2 is 1.97 bits per heavy atom. The normalized spacial score (nSPS) is 20.3. The topological polar surface area (TPSA) is 114 Å². The van der Waals surface area contributed by atoms with Crippen LogP contribution in [0, 0.1) is 12.8 Å². The Labute approximate surface area is 171 Å². The monoisotopic (exact) mass is 395 g/mol. The molecule has 0 spiro atoms. The first-order chi connectivity index (χ1) is 13.8. The van der Waals surface area contributed by atoms with Gasteiger partial charge in [0.25, 0.3) is 0 Å². The summed E-state index contributed by atoms with van der Waals surface area (Å²) < 4.78 is 0. The van der Waals surface area contributed by atoms with Crippen molar-refractivity contribution in [2.24, 2.45) is 11.7 Å². The van der Waals surface area contributed by atoms with E-state index in [2.05, 4.69) is 22.4 Å². The number of pyridine rings is 1. The highest BCUT2D eigenvalue weighted by atomic mass is 16.2. The zero-order chi connectivity index (χ0) is 21.0. The molecule has 1 aromatic carbocycles. The maximum absolute atomic E-state index is 12.8. The summed E-state index contributed by atoms with van der Waals surface area (Å²) in [4.78, 5) is 30.9. The SMILES string of the molecule is Cc1nc(N)ccc1CNC(=O)[C@H](C)N1CC(Cc2ccccc2)CC1C(N)=O. The van der Waals surface area contributed by atoms with E-state index in [1.807, 2.05) is 43.0 Å². The van der Waals surface area contributed by atoms with E-state index in [0.29, 0.717) is 25.3 Å². The third-order valence-electron chi connectivity index (χ3n) is 5.67. The zero-order valence-electron chi connectivity index (χ0n) is 17.0. The van der Waals surface area contributed by atoms with Crippen LogP contribution in [0.1, 0.15) is 30.2 Å². The minimum Gasteiger partial charge on any atom is -0.384 e. The molecule has 1 saturated heterocycles. The molecule has 7 heteroatoms. The summed E-state index contributed by atoms with van der Waals surface area (Å²) in [6, 6.07) is 12.9. The van der Waals surface area contributed by atoms with Gasteiger partial charge in [-0.2, -0.15) is 0 Å². The van der Waals surface area contributed by atoms with E-state index in [1.54, 1.807) is 6.07 Å². The number of carbonyl (C=O) groups excluding carboxylic acids is 2. The van der Waals surface area contributed by atoms with Gasteiger partial charge in [-0.3, -0.25) is 14.5 Å². The molecule has 1 fully saturated rings. The van der Waals surface area contributed by atoms with Crippen LogP contribution in [0.5, 0.6) is 0 Å². The number of likely N-dealkylation sites (tertiary alicyclic amines) is 1. The molecule has 0 bridgehead atoms. The molecule has 5 N–H and O–H groups in total. The summed E-state index contributed by atoms with van der Waals surface area (Å²) in [6.45, 7) is 4.72. The summed E-state index contributed by atoms with van der Waals surface area (Å²) in [5.41, 5.74) is 14.3. The molecule has 29 heavy (non-hydrogen) atoms. The number of benzene rings is 1. The van der Waals surface area contributed by atoms with Crippen molar-refractivity contribution in [3.8, 4) is 0 Å². The van der Waals surface area contributed by atoms with Crippen molar-refractivity contribution in [3.63, 3.8) is 0 Å². The number of aromatic nitrogens is 1. The quantitative estimate of drug-likeness (QED) is 0.656. The number of anilines is 1. The van der Waals surface area contributed by atoms with Crippen LogP contribution in [0.25, 0.3) is 0 Å². The Hall–Kier alpha value is -2.93. The third kappa shape index (κ3) is 5.12. The van der Waals surface area contributed by atoms with E-state index in [1.165, 1.54) is 5.56 Å². The summed E-state index contributed by atoms with van der Waals surface area (Å²) in [5, 5.41) is 2.95. The van der Waals surface area contributed by atoms with Gasteiger partial charge in [0.15, 0.2) is 0 Å². The van der Waals surface area contributed by atoms with Gasteiger partial charge in [0, 0.05) is 18.8 Å².